The van der Waals surface area contributed by atoms with Crippen LogP contribution >= 0.6 is 0 Å². The van der Waals surface area contributed by atoms with Crippen molar-refractivity contribution in [2.45, 2.75) is 41.5 Å². The fourth-order valence-corrected chi connectivity index (χ4v) is 15.7. The van der Waals surface area contributed by atoms with E-state index in [0.29, 0.717) is 0 Å². The van der Waals surface area contributed by atoms with Gasteiger partial charge in [-0.1, -0.05) is 489 Å². The van der Waals surface area contributed by atoms with Crippen LogP contribution in [0, 0.1) is 41.5 Å². The van der Waals surface area contributed by atoms with Crippen molar-refractivity contribution in [2.24, 2.45) is 0 Å². The Labute approximate surface area is 697 Å². The van der Waals surface area contributed by atoms with Gasteiger partial charge in [0.15, 0.2) is 0 Å². The van der Waals surface area contributed by atoms with E-state index >= 15 is 0 Å². The van der Waals surface area contributed by atoms with E-state index in [9.17, 15) is 0 Å². The van der Waals surface area contributed by atoms with Crippen molar-refractivity contribution in [3.63, 3.8) is 0 Å². The van der Waals surface area contributed by atoms with Crippen LogP contribution in [0.1, 0.15) is 33.4 Å². The number of fused-ring (bicyclic) bond motifs is 5. The summed E-state index contributed by atoms with van der Waals surface area (Å²) in [5.74, 6) is 0. The Hall–Kier alpha value is -14.6. The summed E-state index contributed by atoms with van der Waals surface area (Å²) >= 11 is 0. The molecular weight excluding hydrogens is 1420 g/mol. The molecule has 0 N–H and O–H groups in total. The molecule has 0 heteroatoms. The molecule has 0 radical (unpaired) electrons. The third-order valence-corrected chi connectivity index (χ3v) is 21.9. The molecule has 0 aromatic heterocycles. The number of rotatable bonds is 10. The molecule has 0 nitrogen and oxygen atoms in total. The number of benzene rings is 20. The lowest BCUT2D eigenvalue weighted by atomic mass is 9.83. The van der Waals surface area contributed by atoms with Crippen LogP contribution in [0.2, 0.25) is 0 Å². The summed E-state index contributed by atoms with van der Waals surface area (Å²) in [6.45, 7) is 12.9. The maximum absolute atomic E-state index is 2.43. The molecular formula is C118H96. The van der Waals surface area contributed by atoms with Crippen LogP contribution in [0.4, 0.5) is 0 Å². The van der Waals surface area contributed by atoms with Crippen molar-refractivity contribution in [3.8, 4) is 111 Å². The third kappa shape index (κ3) is 19.3. The maximum atomic E-state index is 2.43. The molecule has 0 spiro atoms. The van der Waals surface area contributed by atoms with Crippen molar-refractivity contribution < 1.29 is 0 Å². The Morgan fingerprint density at radius 2 is 0.364 bits per heavy atom. The van der Waals surface area contributed by atoms with Crippen molar-refractivity contribution in [2.75, 3.05) is 0 Å². The van der Waals surface area contributed by atoms with E-state index in [1.165, 1.54) is 188 Å². The predicted molar refractivity (Wildman–Crippen MR) is 511 cm³/mol. The van der Waals surface area contributed by atoms with Crippen LogP contribution in [0.15, 0.2) is 473 Å². The normalized spacial score (nSPS) is 10.6. The van der Waals surface area contributed by atoms with Crippen molar-refractivity contribution in [3.05, 3.63) is 507 Å². The number of hydrogen-bond acceptors (Lipinski definition) is 0. The van der Waals surface area contributed by atoms with Crippen LogP contribution in [0.25, 0.3) is 154 Å². The summed E-state index contributed by atoms with van der Waals surface area (Å²) < 4.78 is 0. The summed E-state index contributed by atoms with van der Waals surface area (Å²) in [7, 11) is 0. The second-order valence-electron chi connectivity index (χ2n) is 30.1. The van der Waals surface area contributed by atoms with Crippen molar-refractivity contribution >= 4 is 43.1 Å². The molecule has 20 aromatic rings. The zero-order valence-corrected chi connectivity index (χ0v) is 68.0. The first kappa shape index (κ1) is 78.7. The van der Waals surface area contributed by atoms with Crippen LogP contribution in [0.3, 0.4) is 0 Å². The molecule has 20 aromatic carbocycles. The van der Waals surface area contributed by atoms with E-state index in [-0.39, 0.29) is 0 Å². The second kappa shape index (κ2) is 38.5. The van der Waals surface area contributed by atoms with E-state index in [2.05, 4.69) is 484 Å². The number of hydrogen-bond donors (Lipinski definition) is 0. The Bertz CT molecular complexity index is 6560. The van der Waals surface area contributed by atoms with Gasteiger partial charge in [-0.2, -0.15) is 0 Å². The van der Waals surface area contributed by atoms with Gasteiger partial charge >= 0.3 is 0 Å². The van der Waals surface area contributed by atoms with Crippen LogP contribution in [-0.2, 0) is 0 Å². The zero-order chi connectivity index (χ0) is 80.8. The fourth-order valence-electron chi connectivity index (χ4n) is 15.7. The predicted octanol–water partition coefficient (Wildman–Crippen LogP) is 33.3. The van der Waals surface area contributed by atoms with Crippen LogP contribution in [-0.4, -0.2) is 0 Å². The van der Waals surface area contributed by atoms with Gasteiger partial charge in [0.25, 0.3) is 0 Å². The topological polar surface area (TPSA) is 0 Å². The molecule has 118 heavy (non-hydrogen) atoms. The number of aryl methyl sites for hydroxylation is 6. The molecule has 0 aliphatic rings. The molecule has 0 atom stereocenters. The lowest BCUT2D eigenvalue weighted by molar-refractivity contribution is 1.46. The Balaban J connectivity index is 0.000000119. The van der Waals surface area contributed by atoms with Gasteiger partial charge in [-0.05, 0) is 213 Å². The van der Waals surface area contributed by atoms with Gasteiger partial charge in [-0.25, -0.2) is 0 Å². The van der Waals surface area contributed by atoms with Gasteiger partial charge < -0.3 is 0 Å². The monoisotopic (exact) mass is 1510 g/mol. The molecule has 20 rings (SSSR count). The van der Waals surface area contributed by atoms with Crippen molar-refractivity contribution in [1.82, 2.24) is 0 Å². The summed E-state index contributed by atoms with van der Waals surface area (Å²) in [5, 5.41) is 10.4. The smallest absolute Gasteiger partial charge is 0.00203 e. The van der Waals surface area contributed by atoms with Gasteiger partial charge in [-0.3, -0.25) is 0 Å². The Morgan fingerprint density at radius 3 is 0.720 bits per heavy atom. The average molecular weight is 1510 g/mol. The highest BCUT2D eigenvalue weighted by Crippen LogP contribution is 2.47. The van der Waals surface area contributed by atoms with Crippen LogP contribution in [0.5, 0.6) is 0 Å². The Kier molecular flexibility index (Phi) is 25.7. The fraction of sp³-hybridized carbons (Fsp3) is 0.0508. The van der Waals surface area contributed by atoms with Gasteiger partial charge in [0.1, 0.15) is 0 Å². The maximum Gasteiger partial charge on any atom is -0.00203 e. The van der Waals surface area contributed by atoms with Crippen LogP contribution < -0.4 is 0 Å². The lowest BCUT2D eigenvalue weighted by Crippen LogP contribution is -1.93. The van der Waals surface area contributed by atoms with Gasteiger partial charge in [0.2, 0.25) is 0 Å². The van der Waals surface area contributed by atoms with Gasteiger partial charge in [0, 0.05) is 0 Å². The molecule has 0 aliphatic carbocycles. The molecule has 0 saturated heterocycles. The highest BCUT2D eigenvalue weighted by atomic mass is 14.2. The first-order valence-corrected chi connectivity index (χ1v) is 40.9. The molecule has 0 amide bonds. The highest BCUT2D eigenvalue weighted by Gasteiger charge is 2.20. The largest absolute Gasteiger partial charge is 0.0622 e. The summed E-state index contributed by atoms with van der Waals surface area (Å²) in [6.07, 6.45) is 0. The highest BCUT2D eigenvalue weighted by molar-refractivity contribution is 6.23. The Morgan fingerprint density at radius 1 is 0.119 bits per heavy atom. The quantitative estimate of drug-likeness (QED) is 0.0946. The van der Waals surface area contributed by atoms with Crippen molar-refractivity contribution in [1.29, 1.82) is 0 Å². The standard InChI is InChI=1S/C41H28.2C19H16.3C13H12/c1-27-31-18-8-11-21-34(31)39(35-22-12-9-19-32(27)35)30-24-25-37-38(26-30)33-20-10-13-23-36(33)40(28-14-4-2-5-15-28)41(37)29-16-6-3-7-17-29;1-15-6-5-9-19(14-15)18-12-10-17(11-13-18)16-7-3-2-4-8-16;1-15-7-9-17(10-8-15)19-13-11-18(12-14-19)16-5-3-2-4-6-16;1-11-7-5-6-10-13(11)12-8-3-2-4-9-12;1-11-6-5-9-13(10-11)12-7-3-2-4-8-12;1-11-7-9-13(10-8-11)12-5-3-2-4-6-12/h2-26H,1H3;2*2-14H,1H3;3*2-10H,1H3. The molecule has 0 heterocycles. The zero-order valence-electron chi connectivity index (χ0n) is 68.0. The lowest BCUT2D eigenvalue weighted by Gasteiger charge is -2.20. The minimum Gasteiger partial charge on any atom is -0.0622 e. The van der Waals surface area contributed by atoms with Gasteiger partial charge in [-0.15, -0.1) is 0 Å². The molecule has 0 saturated carbocycles. The first-order valence-electron chi connectivity index (χ1n) is 40.9. The average Bonchev–Trinajstić information content (AvgIpc) is 0.723. The summed E-state index contributed by atoms with van der Waals surface area (Å²) in [6, 6.07) is 168. The van der Waals surface area contributed by atoms with E-state index in [1.54, 1.807) is 0 Å². The third-order valence-electron chi connectivity index (χ3n) is 21.9. The molecule has 0 aliphatic heterocycles. The second-order valence-corrected chi connectivity index (χ2v) is 30.1. The molecule has 568 valence electrons. The summed E-state index contributed by atoms with van der Waals surface area (Å²) in [4.78, 5) is 0. The SMILES string of the molecule is Cc1c2ccccc2c(-c2ccc3c(-c4ccccc4)c(-c4ccccc4)c4ccccc4c3c2)c2ccccc12.Cc1ccc(-c2ccc(-c3ccccc3)cc2)cc1.Cc1ccc(-c2ccccc2)cc1.Cc1cccc(-c2ccc(-c3ccccc3)cc2)c1.Cc1cccc(-c2ccccc2)c1.Cc1ccccc1-c1ccccc1. The minimum atomic E-state index is 1.24. The van der Waals surface area contributed by atoms with E-state index in [1.807, 2.05) is 30.3 Å². The summed E-state index contributed by atoms with van der Waals surface area (Å²) in [5.41, 5.74) is 33.4. The molecule has 0 bridgehead atoms. The van der Waals surface area contributed by atoms with E-state index in [4.69, 9.17) is 0 Å². The minimum absolute atomic E-state index is 1.24. The van der Waals surface area contributed by atoms with E-state index in [0.717, 1.165) is 0 Å². The van der Waals surface area contributed by atoms with E-state index < -0.39 is 0 Å². The molecule has 0 unspecified atom stereocenters. The first-order chi connectivity index (χ1) is 58.0. The van der Waals surface area contributed by atoms with Gasteiger partial charge in [0.05, 0.1) is 0 Å². The molecule has 0 fully saturated rings.